The molecular formula is C19H17ClN4O. The van der Waals surface area contributed by atoms with Gasteiger partial charge in [-0.2, -0.15) is 0 Å². The summed E-state index contributed by atoms with van der Waals surface area (Å²) in [7, 11) is 0. The minimum Gasteiger partial charge on any atom is -0.347 e. The highest BCUT2D eigenvalue weighted by Gasteiger charge is 2.08. The molecular weight excluding hydrogens is 336 g/mol. The highest BCUT2D eigenvalue weighted by Crippen LogP contribution is 2.17. The molecule has 0 saturated carbocycles. The highest BCUT2D eigenvalue weighted by molar-refractivity contribution is 6.30. The fraction of sp³-hybridized carbons (Fsp3) is 0.105. The fourth-order valence-corrected chi connectivity index (χ4v) is 2.36. The quantitative estimate of drug-likeness (QED) is 0.725. The number of carbonyl (C=O) groups excluding carboxylic acids is 1. The third-order valence-electron chi connectivity index (χ3n) is 3.66. The molecule has 0 bridgehead atoms. The molecule has 1 aromatic heterocycles. The van der Waals surface area contributed by atoms with Crippen molar-refractivity contribution < 1.29 is 4.79 Å². The number of aryl methyl sites for hydroxylation is 1. The maximum absolute atomic E-state index is 12.1. The second kappa shape index (κ2) is 7.77. The Balaban J connectivity index is 1.60. The van der Waals surface area contributed by atoms with Gasteiger partial charge in [-0.05, 0) is 36.2 Å². The lowest BCUT2D eigenvalue weighted by Crippen LogP contribution is -2.24. The molecule has 1 heterocycles. The van der Waals surface area contributed by atoms with Gasteiger partial charge in [0.05, 0.1) is 12.4 Å². The zero-order valence-corrected chi connectivity index (χ0v) is 14.4. The Morgan fingerprint density at radius 3 is 2.48 bits per heavy atom. The summed E-state index contributed by atoms with van der Waals surface area (Å²) in [6, 6.07) is 15.2. The van der Waals surface area contributed by atoms with E-state index in [1.54, 1.807) is 18.3 Å². The number of halogens is 1. The molecule has 2 aromatic carbocycles. The van der Waals surface area contributed by atoms with Crippen LogP contribution in [-0.4, -0.2) is 15.9 Å². The van der Waals surface area contributed by atoms with Gasteiger partial charge in [0.2, 0.25) is 0 Å². The van der Waals surface area contributed by atoms with Crippen LogP contribution in [0.5, 0.6) is 0 Å². The van der Waals surface area contributed by atoms with Crippen molar-refractivity contribution >= 4 is 29.0 Å². The minimum absolute atomic E-state index is 0.268. The Morgan fingerprint density at radius 2 is 1.80 bits per heavy atom. The van der Waals surface area contributed by atoms with Crippen LogP contribution in [0.1, 0.15) is 21.6 Å². The molecule has 3 rings (SSSR count). The minimum atomic E-state index is -0.273. The molecule has 25 heavy (non-hydrogen) atoms. The monoisotopic (exact) mass is 352 g/mol. The molecule has 2 N–H and O–H groups in total. The second-order valence-electron chi connectivity index (χ2n) is 5.54. The first-order valence-electron chi connectivity index (χ1n) is 7.79. The van der Waals surface area contributed by atoms with Crippen LogP contribution in [0.2, 0.25) is 5.02 Å². The van der Waals surface area contributed by atoms with E-state index in [1.165, 1.54) is 6.20 Å². The SMILES string of the molecule is Cc1ccccc1Nc1cnc(C(=O)NCc2ccc(Cl)cc2)cn1. The molecule has 3 aromatic rings. The lowest BCUT2D eigenvalue weighted by molar-refractivity contribution is 0.0945. The van der Waals surface area contributed by atoms with E-state index in [0.29, 0.717) is 17.4 Å². The Bertz CT molecular complexity index is 863. The van der Waals surface area contributed by atoms with E-state index in [2.05, 4.69) is 20.6 Å². The van der Waals surface area contributed by atoms with Crippen LogP contribution in [-0.2, 0) is 6.54 Å². The largest absolute Gasteiger partial charge is 0.347 e. The number of nitrogens with one attached hydrogen (secondary N) is 2. The van der Waals surface area contributed by atoms with Crippen LogP contribution in [0, 0.1) is 6.92 Å². The third kappa shape index (κ3) is 4.55. The number of hydrogen-bond acceptors (Lipinski definition) is 4. The predicted molar refractivity (Wildman–Crippen MR) is 99.1 cm³/mol. The molecule has 0 saturated heterocycles. The van der Waals surface area contributed by atoms with Crippen molar-refractivity contribution in [2.24, 2.45) is 0 Å². The van der Waals surface area contributed by atoms with E-state index < -0.39 is 0 Å². The van der Waals surface area contributed by atoms with Gasteiger partial charge in [-0.3, -0.25) is 4.79 Å². The predicted octanol–water partition coefficient (Wildman–Crippen LogP) is 4.11. The van der Waals surface area contributed by atoms with Crippen LogP contribution in [0.3, 0.4) is 0 Å². The van der Waals surface area contributed by atoms with Gasteiger partial charge in [0.1, 0.15) is 11.5 Å². The van der Waals surface area contributed by atoms with Crippen LogP contribution in [0.4, 0.5) is 11.5 Å². The van der Waals surface area contributed by atoms with Crippen molar-refractivity contribution in [2.45, 2.75) is 13.5 Å². The van der Waals surface area contributed by atoms with Crippen LogP contribution in [0.25, 0.3) is 0 Å². The van der Waals surface area contributed by atoms with Gasteiger partial charge < -0.3 is 10.6 Å². The molecule has 0 radical (unpaired) electrons. The molecule has 0 aliphatic carbocycles. The van der Waals surface area contributed by atoms with Gasteiger partial charge in [0, 0.05) is 17.3 Å². The Kier molecular flexibility index (Phi) is 5.26. The van der Waals surface area contributed by atoms with Gasteiger partial charge >= 0.3 is 0 Å². The average molecular weight is 353 g/mol. The molecule has 0 fully saturated rings. The number of anilines is 2. The average Bonchev–Trinajstić information content (AvgIpc) is 2.63. The van der Waals surface area contributed by atoms with E-state index in [0.717, 1.165) is 16.8 Å². The first-order valence-corrected chi connectivity index (χ1v) is 8.17. The van der Waals surface area contributed by atoms with Gasteiger partial charge in [-0.15, -0.1) is 0 Å². The normalized spacial score (nSPS) is 10.3. The number of para-hydroxylation sites is 1. The van der Waals surface area contributed by atoms with Crippen molar-refractivity contribution in [2.75, 3.05) is 5.32 Å². The van der Waals surface area contributed by atoms with E-state index in [9.17, 15) is 4.79 Å². The summed E-state index contributed by atoms with van der Waals surface area (Å²) in [5, 5.41) is 6.66. The Hall–Kier alpha value is -2.92. The topological polar surface area (TPSA) is 66.9 Å². The van der Waals surface area contributed by atoms with E-state index in [1.807, 2.05) is 43.3 Å². The van der Waals surface area contributed by atoms with E-state index in [4.69, 9.17) is 11.6 Å². The summed E-state index contributed by atoms with van der Waals surface area (Å²) < 4.78 is 0. The summed E-state index contributed by atoms with van der Waals surface area (Å²) in [4.78, 5) is 20.6. The summed E-state index contributed by atoms with van der Waals surface area (Å²) in [5.41, 5.74) is 3.29. The number of carbonyl (C=O) groups is 1. The van der Waals surface area contributed by atoms with Crippen molar-refractivity contribution in [1.29, 1.82) is 0 Å². The molecule has 0 unspecified atom stereocenters. The zero-order chi connectivity index (χ0) is 17.6. The zero-order valence-electron chi connectivity index (χ0n) is 13.7. The standard InChI is InChI=1S/C19H17ClN4O/c1-13-4-2-3-5-16(13)24-18-12-21-17(11-22-18)19(25)23-10-14-6-8-15(20)9-7-14/h2-9,11-12H,10H2,1H3,(H,22,24)(H,23,25). The van der Waals surface area contributed by atoms with Gasteiger partial charge in [0.25, 0.3) is 5.91 Å². The summed E-state index contributed by atoms with van der Waals surface area (Å²) in [6.45, 7) is 2.41. The Labute approximate surface area is 151 Å². The van der Waals surface area contributed by atoms with E-state index >= 15 is 0 Å². The van der Waals surface area contributed by atoms with Gasteiger partial charge in [-0.25, -0.2) is 9.97 Å². The van der Waals surface area contributed by atoms with Gasteiger partial charge in [0.15, 0.2) is 0 Å². The van der Waals surface area contributed by atoms with Crippen LogP contribution >= 0.6 is 11.6 Å². The first kappa shape index (κ1) is 16.9. The first-order chi connectivity index (χ1) is 12.1. The van der Waals surface area contributed by atoms with Crippen LogP contribution < -0.4 is 10.6 Å². The molecule has 126 valence electrons. The number of rotatable bonds is 5. The molecule has 5 nitrogen and oxygen atoms in total. The number of nitrogens with zero attached hydrogens (tertiary/aromatic N) is 2. The molecule has 0 atom stereocenters. The lowest BCUT2D eigenvalue weighted by atomic mass is 10.2. The Morgan fingerprint density at radius 1 is 1.04 bits per heavy atom. The molecule has 0 aliphatic rings. The van der Waals surface area contributed by atoms with Crippen LogP contribution in [0.15, 0.2) is 60.9 Å². The number of aromatic nitrogens is 2. The van der Waals surface area contributed by atoms with E-state index in [-0.39, 0.29) is 11.6 Å². The maximum Gasteiger partial charge on any atom is 0.271 e. The second-order valence-corrected chi connectivity index (χ2v) is 5.97. The molecule has 1 amide bonds. The number of hydrogen-bond donors (Lipinski definition) is 2. The lowest BCUT2D eigenvalue weighted by Gasteiger charge is -2.09. The van der Waals surface area contributed by atoms with Crippen molar-refractivity contribution in [3.8, 4) is 0 Å². The van der Waals surface area contributed by atoms with Crippen molar-refractivity contribution in [3.05, 3.63) is 82.8 Å². The number of benzene rings is 2. The van der Waals surface area contributed by atoms with Gasteiger partial charge in [-0.1, -0.05) is 41.9 Å². The smallest absolute Gasteiger partial charge is 0.271 e. The third-order valence-corrected chi connectivity index (χ3v) is 3.91. The highest BCUT2D eigenvalue weighted by atomic mass is 35.5. The summed E-state index contributed by atoms with van der Waals surface area (Å²) in [6.07, 6.45) is 3.00. The summed E-state index contributed by atoms with van der Waals surface area (Å²) in [5.74, 6) is 0.313. The number of amides is 1. The van der Waals surface area contributed by atoms with Crippen molar-refractivity contribution in [3.63, 3.8) is 0 Å². The summed E-state index contributed by atoms with van der Waals surface area (Å²) >= 11 is 5.84. The fourth-order valence-electron chi connectivity index (χ4n) is 2.24. The molecule has 0 spiro atoms. The van der Waals surface area contributed by atoms with Crippen molar-refractivity contribution in [1.82, 2.24) is 15.3 Å². The maximum atomic E-state index is 12.1. The molecule has 0 aliphatic heterocycles. The molecule has 6 heteroatoms.